The number of ether oxygens (including phenoxy) is 1. The highest BCUT2D eigenvalue weighted by Crippen LogP contribution is 2.35. The van der Waals surface area contributed by atoms with E-state index < -0.39 is 0 Å². The van der Waals surface area contributed by atoms with Gasteiger partial charge in [-0.3, -0.25) is 0 Å². The summed E-state index contributed by atoms with van der Waals surface area (Å²) in [5.74, 6) is -0.273. The van der Waals surface area contributed by atoms with Crippen molar-refractivity contribution in [3.8, 4) is 0 Å². The van der Waals surface area contributed by atoms with Crippen molar-refractivity contribution < 1.29 is 9.53 Å². The number of hydrogen-bond acceptors (Lipinski definition) is 3. The second-order valence-electron chi connectivity index (χ2n) is 5.89. The van der Waals surface area contributed by atoms with Crippen LogP contribution >= 0.6 is 12.4 Å². The quantitative estimate of drug-likeness (QED) is 0.634. The van der Waals surface area contributed by atoms with E-state index in [-0.39, 0.29) is 24.5 Å². The molecule has 4 heteroatoms. The van der Waals surface area contributed by atoms with Crippen LogP contribution in [0.3, 0.4) is 0 Å². The van der Waals surface area contributed by atoms with Crippen LogP contribution in [-0.4, -0.2) is 36.1 Å². The summed E-state index contributed by atoms with van der Waals surface area (Å²) < 4.78 is 5.67. The van der Waals surface area contributed by atoms with Gasteiger partial charge in [-0.25, -0.2) is 4.79 Å². The Hall–Kier alpha value is -1.32. The Balaban J connectivity index is 0.00000161. The van der Waals surface area contributed by atoms with Crippen molar-refractivity contribution in [2.75, 3.05) is 7.05 Å². The third-order valence-electron chi connectivity index (χ3n) is 4.70. The summed E-state index contributed by atoms with van der Waals surface area (Å²) in [7, 11) is 2.18. The van der Waals surface area contributed by atoms with Crippen molar-refractivity contribution in [3.05, 3.63) is 42.5 Å². The third-order valence-corrected chi connectivity index (χ3v) is 4.70. The zero-order valence-corrected chi connectivity index (χ0v) is 13.1. The molecule has 3 nitrogen and oxygen atoms in total. The van der Waals surface area contributed by atoms with Crippen LogP contribution in [-0.2, 0) is 9.53 Å². The van der Waals surface area contributed by atoms with Gasteiger partial charge in [0.15, 0.2) is 0 Å². The van der Waals surface area contributed by atoms with Crippen molar-refractivity contribution >= 4 is 23.9 Å². The number of fused-ring (bicyclic) bond motifs is 2. The lowest BCUT2D eigenvalue weighted by atomic mass is 10.0. The van der Waals surface area contributed by atoms with Gasteiger partial charge in [0.25, 0.3) is 0 Å². The van der Waals surface area contributed by atoms with Gasteiger partial charge in [0.05, 0.1) is 5.57 Å². The van der Waals surface area contributed by atoms with Gasteiger partial charge in [-0.15, -0.1) is 12.4 Å². The molecule has 0 amide bonds. The normalized spacial score (nSPS) is 27.8. The van der Waals surface area contributed by atoms with E-state index in [9.17, 15) is 4.79 Å². The summed E-state index contributed by atoms with van der Waals surface area (Å²) in [6.45, 7) is 3.87. The van der Waals surface area contributed by atoms with Crippen LogP contribution in [0.15, 0.2) is 36.9 Å². The lowest BCUT2D eigenvalue weighted by molar-refractivity contribution is -0.145. The maximum Gasteiger partial charge on any atom is 0.338 e. The number of nitrogens with zero attached hydrogens (tertiary/aromatic N) is 1. The minimum atomic E-state index is -0.273. The standard InChI is InChI=1S/C17H21NO2.ClH/c1-12(13-6-4-3-5-7-13)17(19)20-16-10-14-8-9-15(11-16)18(14)2;/h3-7,14-16H,1,8-11H2,2H3;1H/t14-,15+,16+;. The van der Waals surface area contributed by atoms with Crippen LogP contribution in [0.25, 0.3) is 5.57 Å². The fourth-order valence-electron chi connectivity index (χ4n) is 3.44. The Morgan fingerprint density at radius 2 is 1.76 bits per heavy atom. The molecule has 0 saturated carbocycles. The second-order valence-corrected chi connectivity index (χ2v) is 5.89. The molecule has 0 aliphatic carbocycles. The molecule has 0 radical (unpaired) electrons. The second kappa shape index (κ2) is 6.63. The Kier molecular flexibility index (Phi) is 5.07. The van der Waals surface area contributed by atoms with Crippen LogP contribution in [0, 0.1) is 0 Å². The molecule has 1 aromatic carbocycles. The topological polar surface area (TPSA) is 29.5 Å². The first-order valence-corrected chi connectivity index (χ1v) is 7.32. The molecular weight excluding hydrogens is 286 g/mol. The number of rotatable bonds is 3. The molecule has 0 spiro atoms. The lowest BCUT2D eigenvalue weighted by Crippen LogP contribution is -2.43. The van der Waals surface area contributed by atoms with Gasteiger partial charge in [-0.2, -0.15) is 0 Å². The van der Waals surface area contributed by atoms with Gasteiger partial charge in [-0.1, -0.05) is 36.9 Å². The van der Waals surface area contributed by atoms with Gasteiger partial charge in [0, 0.05) is 24.9 Å². The monoisotopic (exact) mass is 307 g/mol. The smallest absolute Gasteiger partial charge is 0.338 e. The zero-order valence-electron chi connectivity index (χ0n) is 12.3. The molecule has 0 aromatic heterocycles. The van der Waals surface area contributed by atoms with Crippen LogP contribution in [0.1, 0.15) is 31.2 Å². The maximum atomic E-state index is 12.2. The maximum absolute atomic E-state index is 12.2. The average molecular weight is 308 g/mol. The number of esters is 1. The van der Waals surface area contributed by atoms with Crippen molar-refractivity contribution in [2.45, 2.75) is 43.9 Å². The van der Waals surface area contributed by atoms with E-state index >= 15 is 0 Å². The van der Waals surface area contributed by atoms with Crippen LogP contribution in [0.5, 0.6) is 0 Å². The SMILES string of the molecule is C=C(C(=O)O[C@H]1C[C@H]2CC[C@@H](C1)N2C)c1ccccc1.Cl. The number of benzene rings is 1. The average Bonchev–Trinajstić information content (AvgIpc) is 2.69. The Morgan fingerprint density at radius 1 is 1.19 bits per heavy atom. The van der Waals surface area contributed by atoms with Crippen LogP contribution in [0.4, 0.5) is 0 Å². The Labute approximate surface area is 132 Å². The molecule has 114 valence electrons. The van der Waals surface area contributed by atoms with Crippen molar-refractivity contribution in [3.63, 3.8) is 0 Å². The van der Waals surface area contributed by atoms with E-state index in [4.69, 9.17) is 4.74 Å². The van der Waals surface area contributed by atoms with E-state index in [0.29, 0.717) is 17.7 Å². The molecule has 0 unspecified atom stereocenters. The fraction of sp³-hybridized carbons (Fsp3) is 0.471. The fourth-order valence-corrected chi connectivity index (χ4v) is 3.44. The highest BCUT2D eigenvalue weighted by atomic mass is 35.5. The summed E-state index contributed by atoms with van der Waals surface area (Å²) in [6, 6.07) is 10.7. The zero-order chi connectivity index (χ0) is 14.1. The van der Waals surface area contributed by atoms with Crippen molar-refractivity contribution in [1.82, 2.24) is 4.90 Å². The van der Waals surface area contributed by atoms with Gasteiger partial charge in [0.1, 0.15) is 6.10 Å². The highest BCUT2D eigenvalue weighted by molar-refractivity contribution is 6.15. The summed E-state index contributed by atoms with van der Waals surface area (Å²) in [5, 5.41) is 0. The molecule has 2 fully saturated rings. The minimum Gasteiger partial charge on any atom is -0.459 e. The van der Waals surface area contributed by atoms with Gasteiger partial charge in [0.2, 0.25) is 0 Å². The molecule has 3 atom stereocenters. The predicted octanol–water partition coefficient (Wildman–Crippen LogP) is 3.29. The van der Waals surface area contributed by atoms with Crippen LogP contribution in [0.2, 0.25) is 0 Å². The molecule has 2 saturated heterocycles. The molecule has 2 heterocycles. The third kappa shape index (κ3) is 3.30. The highest BCUT2D eigenvalue weighted by Gasteiger charge is 2.39. The molecule has 21 heavy (non-hydrogen) atoms. The van der Waals surface area contributed by atoms with Gasteiger partial charge >= 0.3 is 5.97 Å². The number of piperidine rings is 1. The first-order chi connectivity index (χ1) is 9.65. The number of halogens is 1. The van der Waals surface area contributed by atoms with Gasteiger partial charge < -0.3 is 9.64 Å². The molecular formula is C17H22ClNO2. The minimum absolute atomic E-state index is 0. The molecule has 2 aliphatic rings. The molecule has 0 N–H and O–H groups in total. The van der Waals surface area contributed by atoms with E-state index in [1.807, 2.05) is 30.3 Å². The van der Waals surface area contributed by atoms with Gasteiger partial charge in [-0.05, 0) is 25.5 Å². The molecule has 2 aliphatic heterocycles. The molecule has 2 bridgehead atoms. The number of carbonyl (C=O) groups is 1. The predicted molar refractivity (Wildman–Crippen MR) is 86.4 cm³/mol. The van der Waals surface area contributed by atoms with E-state index in [2.05, 4.69) is 18.5 Å². The largest absolute Gasteiger partial charge is 0.459 e. The molecule has 1 aromatic rings. The Morgan fingerprint density at radius 3 is 2.33 bits per heavy atom. The van der Waals surface area contributed by atoms with E-state index in [1.54, 1.807) is 0 Å². The summed E-state index contributed by atoms with van der Waals surface area (Å²) in [6.07, 6.45) is 4.43. The first-order valence-electron chi connectivity index (χ1n) is 7.32. The van der Waals surface area contributed by atoms with E-state index in [1.165, 1.54) is 12.8 Å². The summed E-state index contributed by atoms with van der Waals surface area (Å²) >= 11 is 0. The molecule has 3 rings (SSSR count). The van der Waals surface area contributed by atoms with Crippen LogP contribution < -0.4 is 0 Å². The lowest BCUT2D eigenvalue weighted by Gasteiger charge is -2.35. The van der Waals surface area contributed by atoms with Crippen molar-refractivity contribution in [2.24, 2.45) is 0 Å². The van der Waals surface area contributed by atoms with E-state index in [0.717, 1.165) is 18.4 Å². The summed E-state index contributed by atoms with van der Waals surface area (Å²) in [4.78, 5) is 14.6. The van der Waals surface area contributed by atoms with Crippen molar-refractivity contribution in [1.29, 1.82) is 0 Å². The summed E-state index contributed by atoms with van der Waals surface area (Å²) in [5.41, 5.74) is 1.30. The number of carbonyl (C=O) groups excluding carboxylic acids is 1. The number of hydrogen-bond donors (Lipinski definition) is 0. The first kappa shape index (κ1) is 16.1. The Bertz CT molecular complexity index is 503.